The van der Waals surface area contributed by atoms with E-state index in [0.717, 1.165) is 30.2 Å². The topological polar surface area (TPSA) is 73.4 Å². The van der Waals surface area contributed by atoms with E-state index >= 15 is 0 Å². The third-order valence-corrected chi connectivity index (χ3v) is 4.64. The Morgan fingerprint density at radius 2 is 2.15 bits per heavy atom. The average Bonchev–Trinajstić information content (AvgIpc) is 3.33. The molecular weight excluding hydrogens is 332 g/mol. The molecule has 1 atom stereocenters. The van der Waals surface area contributed by atoms with E-state index < -0.39 is 0 Å². The molecule has 3 aromatic heterocycles. The predicted molar refractivity (Wildman–Crippen MR) is 93.8 cm³/mol. The monoisotopic (exact) mass is 352 g/mol. The van der Waals surface area contributed by atoms with Gasteiger partial charge in [-0.25, -0.2) is 4.98 Å². The van der Waals surface area contributed by atoms with Crippen molar-refractivity contribution in [3.8, 4) is 5.75 Å². The van der Waals surface area contributed by atoms with Crippen LogP contribution in [0.5, 0.6) is 5.75 Å². The summed E-state index contributed by atoms with van der Waals surface area (Å²) in [5.74, 6) is 1.97. The smallest absolute Gasteiger partial charge is 0.290 e. The van der Waals surface area contributed by atoms with Gasteiger partial charge in [-0.15, -0.1) is 0 Å². The number of furan rings is 1. The Labute approximate surface area is 151 Å². The molecule has 4 rings (SSSR count). The molecule has 7 heteroatoms. The van der Waals surface area contributed by atoms with Crippen molar-refractivity contribution in [2.75, 3.05) is 13.2 Å². The molecule has 3 aromatic rings. The number of imidazole rings is 1. The van der Waals surface area contributed by atoms with Crippen molar-refractivity contribution in [3.05, 3.63) is 66.4 Å². The van der Waals surface area contributed by atoms with Gasteiger partial charge >= 0.3 is 0 Å². The molecule has 0 radical (unpaired) electrons. The summed E-state index contributed by atoms with van der Waals surface area (Å²) in [6.07, 6.45) is 7.57. The van der Waals surface area contributed by atoms with Crippen LogP contribution in [0.2, 0.25) is 0 Å². The van der Waals surface area contributed by atoms with Gasteiger partial charge in [0.2, 0.25) is 0 Å². The van der Waals surface area contributed by atoms with Crippen LogP contribution in [0.1, 0.15) is 35.0 Å². The molecule has 0 saturated heterocycles. The van der Waals surface area contributed by atoms with Gasteiger partial charge in [0.25, 0.3) is 5.91 Å². The second-order valence-corrected chi connectivity index (χ2v) is 6.19. The van der Waals surface area contributed by atoms with Crippen LogP contribution in [-0.2, 0) is 13.0 Å². The lowest BCUT2D eigenvalue weighted by Gasteiger charge is -2.34. The van der Waals surface area contributed by atoms with Crippen LogP contribution in [0.25, 0.3) is 0 Å². The van der Waals surface area contributed by atoms with Crippen molar-refractivity contribution < 1.29 is 13.9 Å². The maximum Gasteiger partial charge on any atom is 0.290 e. The van der Waals surface area contributed by atoms with Crippen molar-refractivity contribution in [1.82, 2.24) is 19.4 Å². The Balaban J connectivity index is 1.43. The van der Waals surface area contributed by atoms with E-state index in [4.69, 9.17) is 9.15 Å². The molecule has 0 spiro atoms. The number of hydrogen-bond acceptors (Lipinski definition) is 5. The van der Waals surface area contributed by atoms with Crippen LogP contribution in [0, 0.1) is 0 Å². The minimum Gasteiger partial charge on any atom is -0.493 e. The molecule has 0 aliphatic carbocycles. The molecule has 0 fully saturated rings. The van der Waals surface area contributed by atoms with Gasteiger partial charge in [0.15, 0.2) is 5.76 Å². The number of nitrogens with zero attached hydrogens (tertiary/aromatic N) is 4. The number of carbonyl (C=O) groups is 1. The van der Waals surface area contributed by atoms with Crippen molar-refractivity contribution in [2.24, 2.45) is 0 Å². The van der Waals surface area contributed by atoms with Gasteiger partial charge in [0.1, 0.15) is 11.6 Å². The van der Waals surface area contributed by atoms with Gasteiger partial charge in [-0.1, -0.05) is 0 Å². The lowest BCUT2D eigenvalue weighted by Crippen LogP contribution is -2.41. The summed E-state index contributed by atoms with van der Waals surface area (Å²) >= 11 is 0. The Morgan fingerprint density at radius 1 is 1.31 bits per heavy atom. The van der Waals surface area contributed by atoms with Crippen LogP contribution in [-0.4, -0.2) is 38.5 Å². The molecule has 0 bridgehead atoms. The Hall–Kier alpha value is -3.09. The zero-order valence-corrected chi connectivity index (χ0v) is 14.5. The standard InChI is InChI=1S/C19H20N4O3/c1-14-18-21-13-15(6-12-25-16-4-7-20-8-5-16)23(18)10-9-22(14)19(24)17-3-2-11-26-17/h2-5,7-8,11,13-14H,6,9-10,12H2,1H3. The van der Waals surface area contributed by atoms with E-state index in [9.17, 15) is 4.79 Å². The highest BCUT2D eigenvalue weighted by atomic mass is 16.5. The molecule has 0 aromatic carbocycles. The minimum atomic E-state index is -0.101. The number of rotatable bonds is 5. The summed E-state index contributed by atoms with van der Waals surface area (Å²) in [7, 11) is 0. The van der Waals surface area contributed by atoms with Gasteiger partial charge in [0, 0.05) is 43.8 Å². The number of amides is 1. The third kappa shape index (κ3) is 3.08. The van der Waals surface area contributed by atoms with E-state index in [2.05, 4.69) is 14.5 Å². The predicted octanol–water partition coefficient (Wildman–Crippen LogP) is 2.71. The SMILES string of the molecule is CC1c2ncc(CCOc3ccncc3)n2CCN1C(=O)c1ccco1. The minimum absolute atomic E-state index is 0.0979. The zero-order chi connectivity index (χ0) is 17.9. The van der Waals surface area contributed by atoms with E-state index in [0.29, 0.717) is 18.9 Å². The van der Waals surface area contributed by atoms with Crippen LogP contribution in [0.4, 0.5) is 0 Å². The molecule has 0 N–H and O–H groups in total. The first-order chi connectivity index (χ1) is 12.7. The van der Waals surface area contributed by atoms with Gasteiger partial charge in [0.05, 0.1) is 18.9 Å². The Bertz CT molecular complexity index is 874. The highest BCUT2D eigenvalue weighted by Gasteiger charge is 2.31. The molecule has 7 nitrogen and oxygen atoms in total. The molecule has 1 aliphatic rings. The number of hydrogen-bond donors (Lipinski definition) is 0. The van der Waals surface area contributed by atoms with Gasteiger partial charge in [-0.3, -0.25) is 9.78 Å². The van der Waals surface area contributed by atoms with E-state index in [1.807, 2.05) is 25.3 Å². The third-order valence-electron chi connectivity index (χ3n) is 4.64. The average molecular weight is 352 g/mol. The second-order valence-electron chi connectivity index (χ2n) is 6.19. The van der Waals surface area contributed by atoms with Crippen LogP contribution in [0.15, 0.2) is 53.5 Å². The Kier molecular flexibility index (Phi) is 4.43. The molecule has 1 aliphatic heterocycles. The second kappa shape index (κ2) is 7.03. The number of carbonyl (C=O) groups excluding carboxylic acids is 1. The lowest BCUT2D eigenvalue weighted by atomic mass is 10.2. The van der Waals surface area contributed by atoms with E-state index in [1.54, 1.807) is 29.4 Å². The number of ether oxygens (including phenoxy) is 1. The molecule has 0 saturated carbocycles. The molecule has 134 valence electrons. The summed E-state index contributed by atoms with van der Waals surface area (Å²) in [5, 5.41) is 0. The maximum atomic E-state index is 12.6. The maximum absolute atomic E-state index is 12.6. The van der Waals surface area contributed by atoms with E-state index in [-0.39, 0.29) is 11.9 Å². The van der Waals surface area contributed by atoms with Gasteiger partial charge in [-0.2, -0.15) is 0 Å². The number of pyridine rings is 1. The summed E-state index contributed by atoms with van der Waals surface area (Å²) in [6, 6.07) is 7.00. The van der Waals surface area contributed by atoms with Gasteiger partial charge in [-0.05, 0) is 31.2 Å². The largest absolute Gasteiger partial charge is 0.493 e. The first-order valence-corrected chi connectivity index (χ1v) is 8.65. The van der Waals surface area contributed by atoms with Crippen LogP contribution in [0.3, 0.4) is 0 Å². The fraction of sp³-hybridized carbons (Fsp3) is 0.316. The Morgan fingerprint density at radius 3 is 2.92 bits per heavy atom. The highest BCUT2D eigenvalue weighted by Crippen LogP contribution is 2.27. The van der Waals surface area contributed by atoms with Crippen LogP contribution >= 0.6 is 0 Å². The summed E-state index contributed by atoms with van der Waals surface area (Å²) in [4.78, 5) is 22.9. The van der Waals surface area contributed by atoms with Crippen molar-refractivity contribution >= 4 is 5.91 Å². The molecule has 1 amide bonds. The van der Waals surface area contributed by atoms with Crippen LogP contribution < -0.4 is 4.74 Å². The number of fused-ring (bicyclic) bond motifs is 1. The molecule has 1 unspecified atom stereocenters. The van der Waals surface area contributed by atoms with Gasteiger partial charge < -0.3 is 18.6 Å². The first-order valence-electron chi connectivity index (χ1n) is 8.65. The zero-order valence-electron chi connectivity index (χ0n) is 14.5. The quantitative estimate of drug-likeness (QED) is 0.706. The fourth-order valence-electron chi connectivity index (χ4n) is 3.29. The summed E-state index contributed by atoms with van der Waals surface area (Å²) in [5.41, 5.74) is 1.12. The number of aromatic nitrogens is 3. The molecule has 26 heavy (non-hydrogen) atoms. The molecular formula is C19H20N4O3. The van der Waals surface area contributed by atoms with E-state index in [1.165, 1.54) is 6.26 Å². The fourth-order valence-corrected chi connectivity index (χ4v) is 3.29. The van der Waals surface area contributed by atoms with Crippen molar-refractivity contribution in [1.29, 1.82) is 0 Å². The summed E-state index contributed by atoms with van der Waals surface area (Å²) < 4.78 is 13.2. The lowest BCUT2D eigenvalue weighted by molar-refractivity contribution is 0.0603. The highest BCUT2D eigenvalue weighted by molar-refractivity contribution is 5.91. The molecule has 4 heterocycles. The first kappa shape index (κ1) is 16.4. The van der Waals surface area contributed by atoms with Crippen molar-refractivity contribution in [3.63, 3.8) is 0 Å². The normalized spacial score (nSPS) is 16.3. The summed E-state index contributed by atoms with van der Waals surface area (Å²) in [6.45, 7) is 3.91. The van der Waals surface area contributed by atoms with Crippen molar-refractivity contribution in [2.45, 2.75) is 25.9 Å².